The summed E-state index contributed by atoms with van der Waals surface area (Å²) in [5.74, 6) is -0.484. The fourth-order valence-electron chi connectivity index (χ4n) is 9.12. The summed E-state index contributed by atoms with van der Waals surface area (Å²) in [6.45, 7) is 5.28. The van der Waals surface area contributed by atoms with Crippen molar-refractivity contribution in [1.29, 1.82) is 0 Å². The van der Waals surface area contributed by atoms with Crippen molar-refractivity contribution < 1.29 is 14.4 Å². The molecule has 1 spiro atoms. The van der Waals surface area contributed by atoms with E-state index in [9.17, 15) is 19.2 Å². The van der Waals surface area contributed by atoms with Crippen LogP contribution in [-0.2, 0) is 16.6 Å². The Kier molecular flexibility index (Phi) is 10.0. The number of pyridine rings is 1. The molecule has 54 heavy (non-hydrogen) atoms. The van der Waals surface area contributed by atoms with E-state index < -0.39 is 5.92 Å². The number of aryl methyl sites for hydroxylation is 1. The lowest BCUT2D eigenvalue weighted by molar-refractivity contribution is -0.134. The van der Waals surface area contributed by atoms with Gasteiger partial charge in [-0.2, -0.15) is 5.10 Å². The monoisotopic (exact) mass is 794 g/mol. The smallest absolute Gasteiger partial charge is 0.282 e. The molecule has 3 unspecified atom stereocenters. The van der Waals surface area contributed by atoms with Gasteiger partial charge < -0.3 is 20.0 Å². The fourth-order valence-corrected chi connectivity index (χ4v) is 9.59. The SMILES string of the molecule is CN1CC(Nc2cnn(C)c(=O)c2Br)CC(c2ccc(C(=O)N3CCC4(CC3)CCN(c3ccc5c(C6CCC(=O)NC6=O)nccc5c3)CC4)cc2)C1. The van der Waals surface area contributed by atoms with Crippen LogP contribution in [0.15, 0.2) is 70.2 Å². The van der Waals surface area contributed by atoms with Gasteiger partial charge in [0, 0.05) is 81.6 Å². The van der Waals surface area contributed by atoms with Crippen LogP contribution in [0.5, 0.6) is 0 Å². The maximum Gasteiger partial charge on any atom is 0.282 e. The number of hydrogen-bond donors (Lipinski definition) is 2. The number of nitrogens with one attached hydrogen (secondary N) is 2. The van der Waals surface area contributed by atoms with E-state index in [1.54, 1.807) is 19.4 Å². The van der Waals surface area contributed by atoms with Crippen LogP contribution in [0.2, 0.25) is 0 Å². The molecule has 4 saturated heterocycles. The Morgan fingerprint density at radius 1 is 0.944 bits per heavy atom. The highest BCUT2D eigenvalue weighted by molar-refractivity contribution is 9.10. The zero-order valence-corrected chi connectivity index (χ0v) is 32.5. The molecule has 8 rings (SSSR count). The Bertz CT molecular complexity index is 2140. The van der Waals surface area contributed by atoms with E-state index in [0.29, 0.717) is 28.9 Å². The summed E-state index contributed by atoms with van der Waals surface area (Å²) in [6.07, 6.45) is 9.41. The molecule has 2 aromatic carbocycles. The van der Waals surface area contributed by atoms with E-state index in [2.05, 4.69) is 83.8 Å². The van der Waals surface area contributed by atoms with Crippen LogP contribution in [0, 0.1) is 5.41 Å². The molecule has 12 nitrogen and oxygen atoms in total. The van der Waals surface area contributed by atoms with Gasteiger partial charge in [0.15, 0.2) is 0 Å². The highest BCUT2D eigenvalue weighted by Crippen LogP contribution is 2.43. The average molecular weight is 796 g/mol. The maximum absolute atomic E-state index is 13.7. The van der Waals surface area contributed by atoms with Crippen molar-refractivity contribution in [2.24, 2.45) is 12.5 Å². The van der Waals surface area contributed by atoms with E-state index in [1.807, 2.05) is 23.1 Å². The summed E-state index contributed by atoms with van der Waals surface area (Å²) in [5.41, 5.74) is 4.67. The van der Waals surface area contributed by atoms with Gasteiger partial charge in [-0.05, 0) is 114 Å². The number of fused-ring (bicyclic) bond motifs is 1. The molecule has 2 aromatic heterocycles. The molecule has 4 aliphatic heterocycles. The van der Waals surface area contributed by atoms with Crippen molar-refractivity contribution in [3.05, 3.63) is 92.6 Å². The highest BCUT2D eigenvalue weighted by atomic mass is 79.9. The van der Waals surface area contributed by atoms with E-state index in [0.717, 1.165) is 93.4 Å². The molecule has 4 fully saturated rings. The molecule has 4 aromatic rings. The lowest BCUT2D eigenvalue weighted by Gasteiger charge is -2.47. The van der Waals surface area contributed by atoms with Gasteiger partial charge in [0.05, 0.1) is 23.5 Å². The largest absolute Gasteiger partial charge is 0.379 e. The number of halogens is 1. The predicted molar refractivity (Wildman–Crippen MR) is 212 cm³/mol. The summed E-state index contributed by atoms with van der Waals surface area (Å²) in [4.78, 5) is 61.7. The van der Waals surface area contributed by atoms with Crippen molar-refractivity contribution in [2.45, 2.75) is 62.8 Å². The highest BCUT2D eigenvalue weighted by Gasteiger charge is 2.39. The van der Waals surface area contributed by atoms with E-state index in [1.165, 1.54) is 15.9 Å². The van der Waals surface area contributed by atoms with Crippen LogP contribution in [0.25, 0.3) is 10.8 Å². The van der Waals surface area contributed by atoms with Gasteiger partial charge in [-0.25, -0.2) is 4.68 Å². The molecule has 13 heteroatoms. The van der Waals surface area contributed by atoms with Crippen LogP contribution in [-0.4, -0.2) is 94.6 Å². The molecule has 0 radical (unpaired) electrons. The summed E-state index contributed by atoms with van der Waals surface area (Å²) in [7, 11) is 3.76. The number of piperidine rings is 4. The maximum atomic E-state index is 13.7. The molecule has 3 atom stereocenters. The third-order valence-electron chi connectivity index (χ3n) is 12.3. The summed E-state index contributed by atoms with van der Waals surface area (Å²) in [5, 5.41) is 12.2. The van der Waals surface area contributed by atoms with Crippen LogP contribution >= 0.6 is 15.9 Å². The average Bonchev–Trinajstić information content (AvgIpc) is 3.18. The molecule has 0 saturated carbocycles. The zero-order chi connectivity index (χ0) is 37.6. The van der Waals surface area contributed by atoms with Gasteiger partial charge in [0.2, 0.25) is 11.8 Å². The number of aromatic nitrogens is 3. The number of amides is 3. The van der Waals surface area contributed by atoms with Crippen molar-refractivity contribution in [1.82, 2.24) is 29.9 Å². The second kappa shape index (κ2) is 14.9. The summed E-state index contributed by atoms with van der Waals surface area (Å²) in [6, 6.07) is 16.8. The quantitative estimate of drug-likeness (QED) is 0.258. The number of hydrogen-bond acceptors (Lipinski definition) is 9. The van der Waals surface area contributed by atoms with Crippen molar-refractivity contribution in [3.8, 4) is 0 Å². The lowest BCUT2D eigenvalue weighted by Crippen LogP contribution is -2.48. The normalized spacial score (nSPS) is 23.4. The Morgan fingerprint density at radius 3 is 2.43 bits per heavy atom. The van der Waals surface area contributed by atoms with E-state index in [-0.39, 0.29) is 34.7 Å². The predicted octanol–water partition coefficient (Wildman–Crippen LogP) is 5.03. The third kappa shape index (κ3) is 7.27. The van der Waals surface area contributed by atoms with E-state index in [4.69, 9.17) is 0 Å². The van der Waals surface area contributed by atoms with Crippen molar-refractivity contribution in [2.75, 3.05) is 56.5 Å². The minimum absolute atomic E-state index is 0.111. The molecular weight excluding hydrogens is 748 g/mol. The molecule has 4 aliphatic rings. The molecule has 0 bridgehead atoms. The van der Waals surface area contributed by atoms with Gasteiger partial charge in [-0.1, -0.05) is 18.2 Å². The Morgan fingerprint density at radius 2 is 1.69 bits per heavy atom. The molecule has 6 heterocycles. The number of likely N-dealkylation sites (N-methyl/N-ethyl adjacent to an activating group) is 1. The zero-order valence-electron chi connectivity index (χ0n) is 30.9. The molecular formula is C41H47BrN8O4. The van der Waals surface area contributed by atoms with E-state index >= 15 is 0 Å². The van der Waals surface area contributed by atoms with Crippen molar-refractivity contribution in [3.63, 3.8) is 0 Å². The number of anilines is 2. The minimum atomic E-state index is -0.411. The van der Waals surface area contributed by atoms with Crippen LogP contribution in [0.3, 0.4) is 0 Å². The molecule has 3 amide bonds. The summed E-state index contributed by atoms with van der Waals surface area (Å²) >= 11 is 3.44. The molecule has 0 aliphatic carbocycles. The topological polar surface area (TPSA) is 133 Å². The number of nitrogens with zero attached hydrogens (tertiary/aromatic N) is 6. The minimum Gasteiger partial charge on any atom is -0.379 e. The van der Waals surface area contributed by atoms with Gasteiger partial charge in [0.1, 0.15) is 4.47 Å². The van der Waals surface area contributed by atoms with Gasteiger partial charge in [-0.15, -0.1) is 0 Å². The second-order valence-electron chi connectivity index (χ2n) is 15.8. The summed E-state index contributed by atoms with van der Waals surface area (Å²) < 4.78 is 1.81. The number of likely N-dealkylation sites (tertiary alicyclic amines) is 2. The number of benzene rings is 2. The van der Waals surface area contributed by atoms with Gasteiger partial charge in [0.25, 0.3) is 11.5 Å². The second-order valence-corrected chi connectivity index (χ2v) is 16.6. The Hall–Kier alpha value is -4.62. The van der Waals surface area contributed by atoms with Gasteiger partial charge >= 0.3 is 0 Å². The number of rotatable bonds is 6. The van der Waals surface area contributed by atoms with Gasteiger partial charge in [-0.3, -0.25) is 29.5 Å². The van der Waals surface area contributed by atoms with Crippen LogP contribution in [0.1, 0.15) is 78.4 Å². The lowest BCUT2D eigenvalue weighted by atomic mass is 9.71. The third-order valence-corrected chi connectivity index (χ3v) is 13.1. The number of imide groups is 1. The molecule has 2 N–H and O–H groups in total. The standard InChI is InChI=1S/C41H47BrN8O4/c1-47-24-29(21-30(25-47)45-34-23-44-48(2)40(54)36(34)42)26-3-5-27(6-4-26)39(53)50-19-14-41(15-20-50)12-17-49(18-13-41)31-7-8-32-28(22-31)11-16-43-37(32)33-9-10-35(51)46-38(33)52/h3-8,11,16,22-23,29-30,33,45H,9-10,12-15,17-21,24-25H2,1-2H3,(H,46,51,52). The Labute approximate surface area is 323 Å². The molecule has 282 valence electrons. The fraction of sp³-hybridized carbons (Fsp3) is 0.463. The van der Waals surface area contributed by atoms with Crippen LogP contribution in [0.4, 0.5) is 11.4 Å². The Balaban J connectivity index is 0.850. The first-order valence-corrected chi connectivity index (χ1v) is 19.9. The number of carbonyl (C=O) groups is 3. The first-order chi connectivity index (χ1) is 26.1. The van der Waals surface area contributed by atoms with Crippen LogP contribution < -0.4 is 21.1 Å². The number of carbonyl (C=O) groups excluding carboxylic acids is 3. The van der Waals surface area contributed by atoms with Crippen molar-refractivity contribution >= 4 is 55.8 Å². The first kappa shape index (κ1) is 36.4. The first-order valence-electron chi connectivity index (χ1n) is 19.1.